The number of hydrogen-bond donors (Lipinski definition) is 1. The zero-order chi connectivity index (χ0) is 11.6. The number of nitrogens with zero attached hydrogens (tertiary/aromatic N) is 2. The molecule has 4 nitrogen and oxygen atoms in total. The zero-order valence-electron chi connectivity index (χ0n) is 9.30. The molecule has 86 valence electrons. The zero-order valence-corrected chi connectivity index (χ0v) is 9.30. The highest BCUT2D eigenvalue weighted by molar-refractivity contribution is 5.87. The Hall–Kier alpha value is -1.68. The van der Waals surface area contributed by atoms with Crippen molar-refractivity contribution in [1.29, 1.82) is 0 Å². The summed E-state index contributed by atoms with van der Waals surface area (Å²) in [5.41, 5.74) is 0. The van der Waals surface area contributed by atoms with Gasteiger partial charge in [0.2, 0.25) is 5.91 Å². The Bertz CT molecular complexity index is 281. The predicted molar refractivity (Wildman–Crippen MR) is 63.9 cm³/mol. The van der Waals surface area contributed by atoms with E-state index in [1.807, 2.05) is 18.2 Å². The first-order valence-electron chi connectivity index (χ1n) is 5.31. The van der Waals surface area contributed by atoms with Crippen molar-refractivity contribution < 1.29 is 4.79 Å². The minimum absolute atomic E-state index is 0.0431. The van der Waals surface area contributed by atoms with Gasteiger partial charge >= 0.3 is 0 Å². The first kappa shape index (κ1) is 12.4. The fourth-order valence-electron chi connectivity index (χ4n) is 1.33. The molecule has 1 amide bonds. The minimum Gasteiger partial charge on any atom is -0.337 e. The Balaban J connectivity index is 0.000000181. The maximum atomic E-state index is 10.9. The fourth-order valence-corrected chi connectivity index (χ4v) is 1.33. The summed E-state index contributed by atoms with van der Waals surface area (Å²) in [4.78, 5) is 16.5. The van der Waals surface area contributed by atoms with Crippen molar-refractivity contribution in [2.45, 2.75) is 0 Å². The third-order valence-corrected chi connectivity index (χ3v) is 2.17. The number of pyridine rings is 1. The fraction of sp³-hybridized carbons (Fsp3) is 0.333. The molecule has 1 N–H and O–H groups in total. The molecule has 0 aromatic carbocycles. The normalized spacial score (nSPS) is 14.6. The summed E-state index contributed by atoms with van der Waals surface area (Å²) in [7, 11) is 0. The van der Waals surface area contributed by atoms with Gasteiger partial charge in [0.25, 0.3) is 0 Å². The topological polar surface area (TPSA) is 45.2 Å². The molecule has 0 unspecified atom stereocenters. The maximum Gasteiger partial charge on any atom is 0.246 e. The predicted octanol–water partition coefficient (Wildman–Crippen LogP) is 0.686. The number of carbonyl (C=O) groups excluding carboxylic acids is 1. The molecule has 4 heteroatoms. The van der Waals surface area contributed by atoms with Crippen molar-refractivity contribution in [1.82, 2.24) is 15.2 Å². The molecule has 0 radical (unpaired) electrons. The average Bonchev–Trinajstić information content (AvgIpc) is 2.41. The molecule has 0 spiro atoms. The van der Waals surface area contributed by atoms with Gasteiger partial charge in [-0.3, -0.25) is 9.78 Å². The van der Waals surface area contributed by atoms with E-state index in [0.29, 0.717) is 0 Å². The largest absolute Gasteiger partial charge is 0.337 e. The first-order valence-corrected chi connectivity index (χ1v) is 5.31. The van der Waals surface area contributed by atoms with E-state index in [2.05, 4.69) is 16.9 Å². The Kier molecular flexibility index (Phi) is 5.88. The Morgan fingerprint density at radius 1 is 1.25 bits per heavy atom. The summed E-state index contributed by atoms with van der Waals surface area (Å²) in [5.74, 6) is 0.0431. The van der Waals surface area contributed by atoms with Crippen LogP contribution in [0, 0.1) is 0 Å². The lowest BCUT2D eigenvalue weighted by molar-refractivity contribution is -0.126. The molecule has 1 aliphatic rings. The average molecular weight is 219 g/mol. The smallest absolute Gasteiger partial charge is 0.246 e. The van der Waals surface area contributed by atoms with Gasteiger partial charge in [-0.05, 0) is 18.2 Å². The van der Waals surface area contributed by atoms with Crippen molar-refractivity contribution in [3.05, 3.63) is 43.2 Å². The molecule has 1 aromatic heterocycles. The molecule has 0 saturated carbocycles. The number of amides is 1. The monoisotopic (exact) mass is 219 g/mol. The molecule has 1 aromatic rings. The number of nitrogens with one attached hydrogen (secondary N) is 1. The third kappa shape index (κ3) is 4.70. The highest BCUT2D eigenvalue weighted by atomic mass is 16.2. The summed E-state index contributed by atoms with van der Waals surface area (Å²) >= 11 is 0. The quantitative estimate of drug-likeness (QED) is 0.707. The van der Waals surface area contributed by atoms with Crippen LogP contribution >= 0.6 is 0 Å². The van der Waals surface area contributed by atoms with Crippen molar-refractivity contribution in [2.75, 3.05) is 26.2 Å². The molecule has 0 aliphatic carbocycles. The van der Waals surface area contributed by atoms with Crippen LogP contribution in [0.4, 0.5) is 0 Å². The number of aromatic nitrogens is 1. The number of carbonyl (C=O) groups is 1. The Morgan fingerprint density at radius 2 is 1.88 bits per heavy atom. The second-order valence-corrected chi connectivity index (χ2v) is 3.30. The van der Waals surface area contributed by atoms with Crippen LogP contribution in [-0.2, 0) is 4.79 Å². The van der Waals surface area contributed by atoms with E-state index in [0.717, 1.165) is 26.2 Å². The second-order valence-electron chi connectivity index (χ2n) is 3.30. The SMILES string of the molecule is C=CC(=O)N1CCNCC1.c1ccncc1. The highest BCUT2D eigenvalue weighted by Gasteiger charge is 2.11. The number of rotatable bonds is 1. The number of hydrogen-bond acceptors (Lipinski definition) is 3. The molecule has 1 fully saturated rings. The molecule has 16 heavy (non-hydrogen) atoms. The maximum absolute atomic E-state index is 10.9. The van der Waals surface area contributed by atoms with E-state index in [4.69, 9.17) is 0 Å². The van der Waals surface area contributed by atoms with Crippen LogP contribution in [0.5, 0.6) is 0 Å². The van der Waals surface area contributed by atoms with E-state index in [1.54, 1.807) is 17.3 Å². The number of piperazine rings is 1. The van der Waals surface area contributed by atoms with Crippen molar-refractivity contribution in [3.8, 4) is 0 Å². The van der Waals surface area contributed by atoms with Gasteiger partial charge in [-0.1, -0.05) is 12.6 Å². The molecule has 1 aliphatic heterocycles. The highest BCUT2D eigenvalue weighted by Crippen LogP contribution is 1.92. The molecular weight excluding hydrogens is 202 g/mol. The van der Waals surface area contributed by atoms with Gasteiger partial charge in [-0.2, -0.15) is 0 Å². The standard InChI is InChI=1S/C7H12N2O.C5H5N/c1-2-7(10)9-5-3-8-4-6-9;1-2-4-6-5-3-1/h2,8H,1,3-6H2;1-5H. The molecule has 1 saturated heterocycles. The lowest BCUT2D eigenvalue weighted by Crippen LogP contribution is -2.45. The minimum atomic E-state index is 0.0431. The van der Waals surface area contributed by atoms with E-state index in [-0.39, 0.29) is 5.91 Å². The van der Waals surface area contributed by atoms with Crippen LogP contribution in [0.15, 0.2) is 43.2 Å². The Morgan fingerprint density at radius 3 is 2.25 bits per heavy atom. The van der Waals surface area contributed by atoms with Gasteiger partial charge in [0.15, 0.2) is 0 Å². The van der Waals surface area contributed by atoms with E-state index in [1.165, 1.54) is 6.08 Å². The van der Waals surface area contributed by atoms with Crippen LogP contribution in [0.2, 0.25) is 0 Å². The van der Waals surface area contributed by atoms with Crippen LogP contribution < -0.4 is 5.32 Å². The van der Waals surface area contributed by atoms with Crippen LogP contribution in [0.1, 0.15) is 0 Å². The Labute approximate surface area is 96.0 Å². The van der Waals surface area contributed by atoms with E-state index >= 15 is 0 Å². The van der Waals surface area contributed by atoms with Gasteiger partial charge < -0.3 is 10.2 Å². The van der Waals surface area contributed by atoms with Crippen LogP contribution in [-0.4, -0.2) is 42.0 Å². The van der Waals surface area contributed by atoms with Crippen molar-refractivity contribution >= 4 is 5.91 Å². The van der Waals surface area contributed by atoms with E-state index < -0.39 is 0 Å². The molecule has 0 bridgehead atoms. The van der Waals surface area contributed by atoms with E-state index in [9.17, 15) is 4.79 Å². The third-order valence-electron chi connectivity index (χ3n) is 2.17. The van der Waals surface area contributed by atoms with Crippen molar-refractivity contribution in [3.63, 3.8) is 0 Å². The summed E-state index contributed by atoms with van der Waals surface area (Å²) in [6, 6.07) is 5.72. The summed E-state index contributed by atoms with van der Waals surface area (Å²) in [5, 5.41) is 3.17. The second kappa shape index (κ2) is 7.59. The molecular formula is C12H17N3O. The lowest BCUT2D eigenvalue weighted by atomic mass is 10.3. The molecule has 2 heterocycles. The van der Waals surface area contributed by atoms with Crippen LogP contribution in [0.3, 0.4) is 0 Å². The van der Waals surface area contributed by atoms with Gasteiger partial charge in [0.1, 0.15) is 0 Å². The first-order chi connectivity index (χ1) is 7.84. The van der Waals surface area contributed by atoms with Gasteiger partial charge in [-0.15, -0.1) is 0 Å². The van der Waals surface area contributed by atoms with Gasteiger partial charge in [0, 0.05) is 38.6 Å². The van der Waals surface area contributed by atoms with Gasteiger partial charge in [0.05, 0.1) is 0 Å². The summed E-state index contributed by atoms with van der Waals surface area (Å²) in [6.45, 7) is 6.85. The van der Waals surface area contributed by atoms with Crippen molar-refractivity contribution in [2.24, 2.45) is 0 Å². The lowest BCUT2D eigenvalue weighted by Gasteiger charge is -2.25. The molecule has 2 rings (SSSR count). The summed E-state index contributed by atoms with van der Waals surface area (Å²) < 4.78 is 0. The summed E-state index contributed by atoms with van der Waals surface area (Å²) in [6.07, 6.45) is 4.87. The molecule has 0 atom stereocenters. The van der Waals surface area contributed by atoms with Crippen LogP contribution in [0.25, 0.3) is 0 Å². The van der Waals surface area contributed by atoms with Gasteiger partial charge in [-0.25, -0.2) is 0 Å².